The van der Waals surface area contributed by atoms with Crippen molar-refractivity contribution in [2.45, 2.75) is 26.3 Å². The smallest absolute Gasteiger partial charge is 0.326 e. The van der Waals surface area contributed by atoms with Crippen LogP contribution >= 0.6 is 0 Å². The van der Waals surface area contributed by atoms with Crippen molar-refractivity contribution in [2.75, 3.05) is 13.7 Å². The van der Waals surface area contributed by atoms with Gasteiger partial charge in [-0.25, -0.2) is 4.79 Å². The van der Waals surface area contributed by atoms with Gasteiger partial charge in [0.25, 0.3) is 0 Å². The van der Waals surface area contributed by atoms with E-state index in [4.69, 9.17) is 14.6 Å². The molecule has 0 saturated heterocycles. The fraction of sp³-hybridized carbons (Fsp3) is 0.429. The van der Waals surface area contributed by atoms with Gasteiger partial charge in [0.15, 0.2) is 11.5 Å². The number of hydrogen-bond donors (Lipinski definition) is 2. The third-order valence-electron chi connectivity index (χ3n) is 2.64. The molecule has 0 saturated carbocycles. The third-order valence-corrected chi connectivity index (χ3v) is 2.64. The second-order valence-corrected chi connectivity index (χ2v) is 4.21. The Bertz CT molecular complexity index is 486. The van der Waals surface area contributed by atoms with Crippen LogP contribution in [0.5, 0.6) is 11.5 Å². The van der Waals surface area contributed by atoms with E-state index >= 15 is 0 Å². The molecule has 6 nitrogen and oxygen atoms in total. The molecule has 1 aromatic rings. The van der Waals surface area contributed by atoms with E-state index in [0.717, 1.165) is 5.56 Å². The van der Waals surface area contributed by atoms with Crippen molar-refractivity contribution in [2.24, 2.45) is 0 Å². The number of aliphatic carboxylic acids is 1. The Labute approximate surface area is 117 Å². The molecule has 20 heavy (non-hydrogen) atoms. The highest BCUT2D eigenvalue weighted by atomic mass is 16.5. The first-order valence-corrected chi connectivity index (χ1v) is 6.27. The lowest BCUT2D eigenvalue weighted by Crippen LogP contribution is -2.41. The third kappa shape index (κ3) is 4.46. The zero-order chi connectivity index (χ0) is 15.1. The maximum Gasteiger partial charge on any atom is 0.326 e. The Kier molecular flexibility index (Phi) is 5.83. The average molecular weight is 281 g/mol. The summed E-state index contributed by atoms with van der Waals surface area (Å²) in [4.78, 5) is 22.1. The number of methoxy groups -OCH3 is 1. The number of carbonyl (C=O) groups excluding carboxylic acids is 1. The zero-order valence-electron chi connectivity index (χ0n) is 11.8. The molecule has 0 bridgehead atoms. The van der Waals surface area contributed by atoms with Crippen molar-refractivity contribution in [3.8, 4) is 11.5 Å². The maximum atomic E-state index is 11.1. The maximum absolute atomic E-state index is 11.1. The van der Waals surface area contributed by atoms with E-state index < -0.39 is 12.0 Å². The Morgan fingerprint density at radius 1 is 1.35 bits per heavy atom. The Balaban J connectivity index is 2.90. The second kappa shape index (κ2) is 7.37. The van der Waals surface area contributed by atoms with Crippen LogP contribution < -0.4 is 14.8 Å². The first-order chi connectivity index (χ1) is 9.47. The topological polar surface area (TPSA) is 84.9 Å². The highest BCUT2D eigenvalue weighted by molar-refractivity contribution is 5.82. The van der Waals surface area contributed by atoms with E-state index in [0.29, 0.717) is 18.1 Å². The average Bonchev–Trinajstić information content (AvgIpc) is 2.39. The number of carboxylic acid groups (broad SMARTS) is 1. The van der Waals surface area contributed by atoms with Gasteiger partial charge >= 0.3 is 5.97 Å². The Morgan fingerprint density at radius 2 is 2.05 bits per heavy atom. The normalized spacial score (nSPS) is 11.6. The van der Waals surface area contributed by atoms with Crippen LogP contribution in [-0.2, 0) is 16.0 Å². The summed E-state index contributed by atoms with van der Waals surface area (Å²) >= 11 is 0. The molecular formula is C14H19NO5. The van der Waals surface area contributed by atoms with Gasteiger partial charge in [-0.2, -0.15) is 0 Å². The van der Waals surface area contributed by atoms with E-state index in [1.165, 1.54) is 14.0 Å². The summed E-state index contributed by atoms with van der Waals surface area (Å²) in [6.45, 7) is 3.67. The summed E-state index contributed by atoms with van der Waals surface area (Å²) in [5.41, 5.74) is 0.742. The first kappa shape index (κ1) is 15.8. The van der Waals surface area contributed by atoms with Gasteiger partial charge < -0.3 is 19.9 Å². The summed E-state index contributed by atoms with van der Waals surface area (Å²) in [6.07, 6.45) is 0.178. The molecule has 0 aliphatic heterocycles. The molecule has 0 aliphatic rings. The van der Waals surface area contributed by atoms with Gasteiger partial charge in [0, 0.05) is 13.3 Å². The second-order valence-electron chi connectivity index (χ2n) is 4.21. The molecule has 1 atom stereocenters. The molecule has 0 heterocycles. The highest BCUT2D eigenvalue weighted by Crippen LogP contribution is 2.28. The van der Waals surface area contributed by atoms with Crippen LogP contribution in [0.3, 0.4) is 0 Å². The van der Waals surface area contributed by atoms with Crippen LogP contribution in [0.15, 0.2) is 18.2 Å². The number of nitrogens with one attached hydrogen (secondary N) is 1. The van der Waals surface area contributed by atoms with Gasteiger partial charge in [0.2, 0.25) is 5.91 Å². The monoisotopic (exact) mass is 281 g/mol. The molecule has 2 N–H and O–H groups in total. The molecule has 1 aromatic carbocycles. The van der Waals surface area contributed by atoms with Gasteiger partial charge in [0.05, 0.1) is 13.7 Å². The number of hydrogen-bond acceptors (Lipinski definition) is 4. The molecular weight excluding hydrogens is 262 g/mol. The molecule has 6 heteroatoms. The Morgan fingerprint density at radius 3 is 2.55 bits per heavy atom. The minimum atomic E-state index is -1.08. The van der Waals surface area contributed by atoms with E-state index in [9.17, 15) is 9.59 Å². The number of rotatable bonds is 7. The minimum absolute atomic E-state index is 0.178. The summed E-state index contributed by atoms with van der Waals surface area (Å²) in [7, 11) is 1.52. The quantitative estimate of drug-likeness (QED) is 0.785. The van der Waals surface area contributed by atoms with Crippen LogP contribution in [0, 0.1) is 0 Å². The lowest BCUT2D eigenvalue weighted by atomic mass is 10.1. The predicted molar refractivity (Wildman–Crippen MR) is 73.1 cm³/mol. The molecule has 0 spiro atoms. The van der Waals surface area contributed by atoms with Crippen LogP contribution in [0.25, 0.3) is 0 Å². The van der Waals surface area contributed by atoms with Crippen LogP contribution in [0.1, 0.15) is 19.4 Å². The number of ether oxygens (including phenoxy) is 2. The van der Waals surface area contributed by atoms with Crippen molar-refractivity contribution < 1.29 is 24.2 Å². The van der Waals surface area contributed by atoms with Gasteiger partial charge in [-0.15, -0.1) is 0 Å². The summed E-state index contributed by atoms with van der Waals surface area (Å²) in [6, 6.07) is 4.23. The van der Waals surface area contributed by atoms with E-state index in [1.54, 1.807) is 18.2 Å². The number of amides is 1. The fourth-order valence-corrected chi connectivity index (χ4v) is 1.79. The molecule has 0 fully saturated rings. The van der Waals surface area contributed by atoms with Crippen molar-refractivity contribution in [1.82, 2.24) is 5.32 Å². The molecule has 0 radical (unpaired) electrons. The Hall–Kier alpha value is -2.24. The van der Waals surface area contributed by atoms with Crippen molar-refractivity contribution in [3.63, 3.8) is 0 Å². The molecule has 1 rings (SSSR count). The van der Waals surface area contributed by atoms with Gasteiger partial charge in [0.1, 0.15) is 6.04 Å². The lowest BCUT2D eigenvalue weighted by Gasteiger charge is -2.15. The van der Waals surface area contributed by atoms with Gasteiger partial charge in [-0.1, -0.05) is 6.07 Å². The van der Waals surface area contributed by atoms with Crippen LogP contribution in [0.2, 0.25) is 0 Å². The van der Waals surface area contributed by atoms with Crippen molar-refractivity contribution in [1.29, 1.82) is 0 Å². The lowest BCUT2D eigenvalue weighted by molar-refractivity contribution is -0.141. The summed E-state index contributed by atoms with van der Waals surface area (Å²) in [5.74, 6) is -0.315. The van der Waals surface area contributed by atoms with E-state index in [-0.39, 0.29) is 12.3 Å². The molecule has 1 amide bonds. The number of carbonyl (C=O) groups is 2. The summed E-state index contributed by atoms with van der Waals surface area (Å²) < 4.78 is 10.6. The minimum Gasteiger partial charge on any atom is -0.493 e. The number of carboxylic acids is 1. The fourth-order valence-electron chi connectivity index (χ4n) is 1.79. The van der Waals surface area contributed by atoms with Gasteiger partial charge in [-0.3, -0.25) is 4.79 Å². The van der Waals surface area contributed by atoms with Crippen LogP contribution in [-0.4, -0.2) is 36.7 Å². The van der Waals surface area contributed by atoms with E-state index in [1.807, 2.05) is 6.92 Å². The van der Waals surface area contributed by atoms with Crippen molar-refractivity contribution in [3.05, 3.63) is 23.8 Å². The largest absolute Gasteiger partial charge is 0.493 e. The number of benzene rings is 1. The SMILES string of the molecule is CCOc1ccc(CC(NC(C)=O)C(=O)O)cc1OC. The zero-order valence-corrected chi connectivity index (χ0v) is 11.8. The van der Waals surface area contributed by atoms with E-state index in [2.05, 4.69) is 5.32 Å². The standard InChI is InChI=1S/C14H19NO5/c1-4-20-12-6-5-10(8-13(12)19-3)7-11(14(17)18)15-9(2)16/h5-6,8,11H,4,7H2,1-3H3,(H,15,16)(H,17,18). The summed E-state index contributed by atoms with van der Waals surface area (Å²) in [5, 5.41) is 11.5. The van der Waals surface area contributed by atoms with Gasteiger partial charge in [-0.05, 0) is 24.6 Å². The molecule has 110 valence electrons. The molecule has 0 aliphatic carbocycles. The van der Waals surface area contributed by atoms with Crippen LogP contribution in [0.4, 0.5) is 0 Å². The molecule has 1 unspecified atom stereocenters. The highest BCUT2D eigenvalue weighted by Gasteiger charge is 2.19. The first-order valence-electron chi connectivity index (χ1n) is 6.27. The molecule has 0 aromatic heterocycles. The predicted octanol–water partition coefficient (Wildman–Crippen LogP) is 1.23. The van der Waals surface area contributed by atoms with Crippen molar-refractivity contribution >= 4 is 11.9 Å².